The van der Waals surface area contributed by atoms with Crippen LogP contribution in [0, 0.1) is 11.8 Å². The van der Waals surface area contributed by atoms with Gasteiger partial charge in [0.25, 0.3) is 0 Å². The number of carboxylic acids is 2. The highest BCUT2D eigenvalue weighted by molar-refractivity contribution is 5.79. The number of hydrogen-bond donors (Lipinski definition) is 2. The molecule has 0 radical (unpaired) electrons. The van der Waals surface area contributed by atoms with Gasteiger partial charge in [0.05, 0.1) is 11.8 Å². The smallest absolute Gasteiger partial charge is 0.307 e. The van der Waals surface area contributed by atoms with E-state index in [1.807, 2.05) is 0 Å². The van der Waals surface area contributed by atoms with Crippen LogP contribution < -0.4 is 0 Å². The molecule has 0 aromatic carbocycles. The summed E-state index contributed by atoms with van der Waals surface area (Å²) in [5, 5.41) is 19.4. The van der Waals surface area contributed by atoms with E-state index in [4.69, 9.17) is 0 Å². The first-order chi connectivity index (χ1) is 19.5. The van der Waals surface area contributed by atoms with Crippen molar-refractivity contribution < 1.29 is 19.8 Å². The maximum absolute atomic E-state index is 11.9. The molecule has 4 nitrogen and oxygen atoms in total. The molecule has 0 rings (SSSR count). The quantitative estimate of drug-likeness (QED) is 0.0782. The maximum atomic E-state index is 11.9. The van der Waals surface area contributed by atoms with Crippen LogP contribution >= 0.6 is 0 Å². The van der Waals surface area contributed by atoms with Crippen LogP contribution in [0.25, 0.3) is 0 Å². The Kier molecular flexibility index (Phi) is 27.4. The van der Waals surface area contributed by atoms with Gasteiger partial charge >= 0.3 is 11.9 Å². The van der Waals surface area contributed by atoms with Crippen LogP contribution in [0.3, 0.4) is 0 Å². The summed E-state index contributed by atoms with van der Waals surface area (Å²) in [5.74, 6) is -3.50. The highest BCUT2D eigenvalue weighted by Gasteiger charge is 2.32. The molecule has 40 heavy (non-hydrogen) atoms. The average molecular weight is 555 g/mol. The topological polar surface area (TPSA) is 74.6 Å². The van der Waals surface area contributed by atoms with Crippen LogP contribution in [0.15, 0.2) is 72.9 Å². The van der Waals surface area contributed by atoms with Gasteiger partial charge < -0.3 is 10.2 Å². The minimum atomic E-state index is -0.964. The first kappa shape index (κ1) is 37.4. The summed E-state index contributed by atoms with van der Waals surface area (Å²) >= 11 is 0. The Labute approximate surface area is 245 Å². The highest BCUT2D eigenvalue weighted by atomic mass is 16.4. The lowest BCUT2D eigenvalue weighted by Gasteiger charge is -2.20. The molecule has 0 heterocycles. The summed E-state index contributed by atoms with van der Waals surface area (Å²) in [6.07, 6.45) is 43.1. The standard InChI is InChI=1S/C36H58O4/c1-3-5-7-9-11-13-15-17-19-21-23-25-27-29-31-33(35(37)38)34(36(39)40)32-30-28-26-24-22-20-18-16-14-12-10-8-6-4-2/h5-8,11-14,17-20,33-34H,3-4,9-10,15-16,21-32H2,1-2H3,(H,37,38)(H,39,40)/b7-5-,8-6-,13-11-,14-12-,19-17-,20-18-. The van der Waals surface area contributed by atoms with E-state index in [1.165, 1.54) is 0 Å². The zero-order chi connectivity index (χ0) is 29.5. The highest BCUT2D eigenvalue weighted by Crippen LogP contribution is 2.26. The molecule has 0 saturated carbocycles. The molecule has 2 unspecified atom stereocenters. The van der Waals surface area contributed by atoms with Gasteiger partial charge in [0.15, 0.2) is 0 Å². The van der Waals surface area contributed by atoms with Crippen molar-refractivity contribution in [2.24, 2.45) is 11.8 Å². The van der Waals surface area contributed by atoms with Crippen LogP contribution in [0.4, 0.5) is 0 Å². The number of allylic oxidation sites excluding steroid dienone is 12. The minimum Gasteiger partial charge on any atom is -0.481 e. The molecule has 0 saturated heterocycles. The molecule has 2 N–H and O–H groups in total. The predicted octanol–water partition coefficient (Wildman–Crippen LogP) is 10.8. The number of carbonyl (C=O) groups is 2. The van der Waals surface area contributed by atoms with E-state index in [2.05, 4.69) is 86.8 Å². The van der Waals surface area contributed by atoms with Crippen LogP contribution in [0.2, 0.25) is 0 Å². The Morgan fingerprint density at radius 3 is 1.07 bits per heavy atom. The molecule has 226 valence electrons. The maximum Gasteiger partial charge on any atom is 0.307 e. The van der Waals surface area contributed by atoms with Crippen LogP contribution in [-0.4, -0.2) is 22.2 Å². The predicted molar refractivity (Wildman–Crippen MR) is 172 cm³/mol. The lowest BCUT2D eigenvalue weighted by atomic mass is 9.84. The summed E-state index contributed by atoms with van der Waals surface area (Å²) in [7, 11) is 0. The van der Waals surface area contributed by atoms with Gasteiger partial charge in [0.1, 0.15) is 0 Å². The van der Waals surface area contributed by atoms with Crippen molar-refractivity contribution in [2.45, 2.75) is 129 Å². The van der Waals surface area contributed by atoms with Gasteiger partial charge in [-0.05, 0) is 77.0 Å². The van der Waals surface area contributed by atoms with Gasteiger partial charge in [0, 0.05) is 0 Å². The zero-order valence-electron chi connectivity index (χ0n) is 25.5. The van der Waals surface area contributed by atoms with Gasteiger partial charge in [-0.25, -0.2) is 0 Å². The summed E-state index contributed by atoms with van der Waals surface area (Å²) < 4.78 is 0. The van der Waals surface area contributed by atoms with E-state index in [1.54, 1.807) is 0 Å². The lowest BCUT2D eigenvalue weighted by Crippen LogP contribution is -2.30. The molecule has 2 atom stereocenters. The normalized spacial score (nSPS) is 14.2. The largest absolute Gasteiger partial charge is 0.481 e. The van der Waals surface area contributed by atoms with Crippen molar-refractivity contribution in [1.82, 2.24) is 0 Å². The van der Waals surface area contributed by atoms with E-state index in [-0.39, 0.29) is 0 Å². The summed E-state index contributed by atoms with van der Waals surface area (Å²) in [6.45, 7) is 4.27. The Morgan fingerprint density at radius 2 is 0.750 bits per heavy atom. The van der Waals surface area contributed by atoms with Crippen molar-refractivity contribution in [2.75, 3.05) is 0 Å². The fourth-order valence-electron chi connectivity index (χ4n) is 4.61. The van der Waals surface area contributed by atoms with Crippen molar-refractivity contribution in [3.63, 3.8) is 0 Å². The molecule has 0 amide bonds. The molecule has 0 bridgehead atoms. The molecule has 0 fully saturated rings. The second kappa shape index (κ2) is 29.4. The molecule has 0 spiro atoms. The van der Waals surface area contributed by atoms with Gasteiger partial charge in [-0.15, -0.1) is 0 Å². The molecule has 0 aromatic heterocycles. The van der Waals surface area contributed by atoms with E-state index >= 15 is 0 Å². The first-order valence-corrected chi connectivity index (χ1v) is 15.9. The second-order valence-corrected chi connectivity index (χ2v) is 10.5. The second-order valence-electron chi connectivity index (χ2n) is 10.5. The number of unbranched alkanes of at least 4 members (excludes halogenated alkanes) is 8. The van der Waals surface area contributed by atoms with E-state index in [0.717, 1.165) is 103 Å². The number of rotatable bonds is 27. The summed E-state index contributed by atoms with van der Waals surface area (Å²) in [5.41, 5.74) is 0. The molecule has 0 aliphatic heterocycles. The summed E-state index contributed by atoms with van der Waals surface area (Å²) in [6, 6.07) is 0. The third-order valence-electron chi connectivity index (χ3n) is 6.95. The van der Waals surface area contributed by atoms with Crippen LogP contribution in [-0.2, 0) is 9.59 Å². The first-order valence-electron chi connectivity index (χ1n) is 15.9. The Balaban J connectivity index is 4.06. The third-order valence-corrected chi connectivity index (χ3v) is 6.95. The Morgan fingerprint density at radius 1 is 0.450 bits per heavy atom. The average Bonchev–Trinajstić information content (AvgIpc) is 2.93. The molecule has 0 aromatic rings. The van der Waals surface area contributed by atoms with E-state index in [0.29, 0.717) is 12.8 Å². The number of hydrogen-bond acceptors (Lipinski definition) is 2. The van der Waals surface area contributed by atoms with Crippen molar-refractivity contribution in [3.8, 4) is 0 Å². The molecule has 4 heteroatoms. The Hall–Kier alpha value is -2.62. The zero-order valence-corrected chi connectivity index (χ0v) is 25.5. The molecule has 0 aliphatic carbocycles. The van der Waals surface area contributed by atoms with Crippen molar-refractivity contribution >= 4 is 11.9 Å². The SMILES string of the molecule is CC/C=C\C/C=C\C/C=C\CCCCCCC(C(=O)O)C(CCCCCC/C=C\C/C=C\C/C=C\CC)C(=O)O. The van der Waals surface area contributed by atoms with E-state index in [9.17, 15) is 19.8 Å². The molecule has 0 aliphatic rings. The van der Waals surface area contributed by atoms with Crippen molar-refractivity contribution in [1.29, 1.82) is 0 Å². The van der Waals surface area contributed by atoms with Crippen molar-refractivity contribution in [3.05, 3.63) is 72.9 Å². The van der Waals surface area contributed by atoms with Crippen LogP contribution in [0.1, 0.15) is 129 Å². The van der Waals surface area contributed by atoms with Crippen LogP contribution in [0.5, 0.6) is 0 Å². The fraction of sp³-hybridized carbons (Fsp3) is 0.611. The van der Waals surface area contributed by atoms with Gasteiger partial charge in [-0.2, -0.15) is 0 Å². The minimum absolute atomic E-state index is 0.452. The van der Waals surface area contributed by atoms with Gasteiger partial charge in [-0.3, -0.25) is 9.59 Å². The van der Waals surface area contributed by atoms with E-state index < -0.39 is 23.8 Å². The molecular formula is C36H58O4. The monoisotopic (exact) mass is 554 g/mol. The third kappa shape index (κ3) is 24.4. The van der Waals surface area contributed by atoms with Gasteiger partial charge in [-0.1, -0.05) is 125 Å². The van der Waals surface area contributed by atoms with Gasteiger partial charge in [0.2, 0.25) is 0 Å². The lowest BCUT2D eigenvalue weighted by molar-refractivity contribution is -0.154. The molecular weight excluding hydrogens is 496 g/mol. The summed E-state index contributed by atoms with van der Waals surface area (Å²) in [4.78, 5) is 23.7. The fourth-order valence-corrected chi connectivity index (χ4v) is 4.61. The number of aliphatic carboxylic acids is 2. The number of carboxylic acid groups (broad SMARTS) is 2. The Bertz CT molecular complexity index is 719.